The number of hydrogen-bond acceptors (Lipinski definition) is 1. The highest BCUT2D eigenvalue weighted by molar-refractivity contribution is 9.08. The zero-order valence-electron chi connectivity index (χ0n) is 7.60. The van der Waals surface area contributed by atoms with Gasteiger partial charge in [-0.1, -0.05) is 15.9 Å². The second-order valence-electron chi connectivity index (χ2n) is 2.82. The number of hydrogen-bond donors (Lipinski definition) is 0. The Hall–Kier alpha value is -0.640. The molecule has 0 aliphatic heterocycles. The Morgan fingerprint density at radius 3 is 2.71 bits per heavy atom. The van der Waals surface area contributed by atoms with Crippen LogP contribution < -0.4 is 4.74 Å². The van der Waals surface area contributed by atoms with E-state index in [0.29, 0.717) is 17.5 Å². The van der Waals surface area contributed by atoms with Crippen LogP contribution in [0.4, 0.5) is 8.78 Å². The molecule has 0 amide bonds. The van der Waals surface area contributed by atoms with Crippen LogP contribution in [0.5, 0.6) is 5.75 Å². The predicted octanol–water partition coefficient (Wildman–Crippen LogP) is 3.46. The molecular formula is C10H11BrF2O. The molecule has 14 heavy (non-hydrogen) atoms. The van der Waals surface area contributed by atoms with Gasteiger partial charge in [0.2, 0.25) is 0 Å². The third-order valence-electron chi connectivity index (χ3n) is 1.63. The van der Waals surface area contributed by atoms with Crippen molar-refractivity contribution in [1.82, 2.24) is 0 Å². The van der Waals surface area contributed by atoms with E-state index in [-0.39, 0.29) is 12.4 Å². The van der Waals surface area contributed by atoms with Gasteiger partial charge in [-0.05, 0) is 17.7 Å². The molecule has 4 heteroatoms. The van der Waals surface area contributed by atoms with E-state index < -0.39 is 6.67 Å². The quantitative estimate of drug-likeness (QED) is 0.585. The van der Waals surface area contributed by atoms with Crippen LogP contribution in [-0.4, -0.2) is 13.3 Å². The standard InChI is InChI=1S/C10H11BrF2O/c11-7-8-4-9(13)6-10(5-8)14-3-1-2-12/h4-6H,1-3,7H2. The van der Waals surface area contributed by atoms with Crippen molar-refractivity contribution in [2.45, 2.75) is 11.8 Å². The van der Waals surface area contributed by atoms with Crippen molar-refractivity contribution in [3.63, 3.8) is 0 Å². The van der Waals surface area contributed by atoms with E-state index in [4.69, 9.17) is 4.74 Å². The third kappa shape index (κ3) is 3.62. The second-order valence-corrected chi connectivity index (χ2v) is 3.38. The van der Waals surface area contributed by atoms with Crippen LogP contribution in [0.25, 0.3) is 0 Å². The SMILES string of the molecule is FCCCOc1cc(F)cc(CBr)c1. The summed E-state index contributed by atoms with van der Waals surface area (Å²) in [6.45, 7) is -0.137. The molecule has 0 fully saturated rings. The molecule has 1 aromatic rings. The molecule has 0 aliphatic carbocycles. The fourth-order valence-electron chi connectivity index (χ4n) is 1.03. The number of ether oxygens (including phenoxy) is 1. The van der Waals surface area contributed by atoms with Crippen LogP contribution in [0, 0.1) is 5.82 Å². The summed E-state index contributed by atoms with van der Waals surface area (Å²) in [5.74, 6) is 0.116. The number of benzene rings is 1. The molecule has 1 aromatic carbocycles. The third-order valence-corrected chi connectivity index (χ3v) is 2.28. The van der Waals surface area contributed by atoms with Crippen molar-refractivity contribution in [1.29, 1.82) is 0 Å². The monoisotopic (exact) mass is 264 g/mol. The van der Waals surface area contributed by atoms with E-state index in [0.717, 1.165) is 5.56 Å². The van der Waals surface area contributed by atoms with Gasteiger partial charge in [-0.15, -0.1) is 0 Å². The highest BCUT2D eigenvalue weighted by Crippen LogP contribution is 2.18. The molecule has 1 nitrogen and oxygen atoms in total. The average Bonchev–Trinajstić information content (AvgIpc) is 2.17. The molecule has 0 aromatic heterocycles. The summed E-state index contributed by atoms with van der Waals surface area (Å²) in [4.78, 5) is 0. The Labute approximate surface area is 90.2 Å². The summed E-state index contributed by atoms with van der Waals surface area (Å²) in [7, 11) is 0. The summed E-state index contributed by atoms with van der Waals surface area (Å²) < 4.78 is 29.9. The first-order valence-corrected chi connectivity index (χ1v) is 5.42. The molecule has 0 saturated carbocycles. The molecule has 0 heterocycles. The molecule has 78 valence electrons. The molecule has 1 rings (SSSR count). The lowest BCUT2D eigenvalue weighted by molar-refractivity contribution is 0.288. The van der Waals surface area contributed by atoms with Gasteiger partial charge in [-0.3, -0.25) is 4.39 Å². The number of alkyl halides is 2. The normalized spacial score (nSPS) is 10.2. The topological polar surface area (TPSA) is 9.23 Å². The van der Waals surface area contributed by atoms with Gasteiger partial charge >= 0.3 is 0 Å². The lowest BCUT2D eigenvalue weighted by Gasteiger charge is -2.06. The molecule has 0 radical (unpaired) electrons. The fourth-order valence-corrected chi connectivity index (χ4v) is 1.35. The van der Waals surface area contributed by atoms with Crippen LogP contribution in [0.3, 0.4) is 0 Å². The number of rotatable bonds is 5. The van der Waals surface area contributed by atoms with Gasteiger partial charge < -0.3 is 4.74 Å². The van der Waals surface area contributed by atoms with E-state index in [1.165, 1.54) is 12.1 Å². The maximum atomic E-state index is 12.9. The van der Waals surface area contributed by atoms with E-state index in [1.54, 1.807) is 6.07 Å². The average molecular weight is 265 g/mol. The molecule has 0 unspecified atom stereocenters. The molecule has 0 atom stereocenters. The molecule has 0 spiro atoms. The zero-order chi connectivity index (χ0) is 10.4. The summed E-state index contributed by atoms with van der Waals surface area (Å²) in [6.07, 6.45) is 0.333. The van der Waals surface area contributed by atoms with E-state index >= 15 is 0 Å². The van der Waals surface area contributed by atoms with Crippen LogP contribution in [0.2, 0.25) is 0 Å². The highest BCUT2D eigenvalue weighted by Gasteiger charge is 2.00. The van der Waals surface area contributed by atoms with E-state index in [2.05, 4.69) is 15.9 Å². The zero-order valence-corrected chi connectivity index (χ0v) is 9.19. The Kier molecular flexibility index (Phi) is 4.87. The second kappa shape index (κ2) is 5.96. The van der Waals surface area contributed by atoms with Crippen LogP contribution in [0.1, 0.15) is 12.0 Å². The fraction of sp³-hybridized carbons (Fsp3) is 0.400. The molecule has 0 N–H and O–H groups in total. The van der Waals surface area contributed by atoms with E-state index in [1.807, 2.05) is 0 Å². The van der Waals surface area contributed by atoms with Gasteiger partial charge in [-0.2, -0.15) is 0 Å². The van der Waals surface area contributed by atoms with Crippen LogP contribution in [0.15, 0.2) is 18.2 Å². The molecule has 0 bridgehead atoms. The van der Waals surface area contributed by atoms with Gasteiger partial charge in [0.25, 0.3) is 0 Å². The van der Waals surface area contributed by atoms with Crippen molar-refractivity contribution in [3.05, 3.63) is 29.6 Å². The number of halogens is 3. The Morgan fingerprint density at radius 2 is 2.07 bits per heavy atom. The minimum absolute atomic E-state index is 0.279. The van der Waals surface area contributed by atoms with Gasteiger partial charge in [0.05, 0.1) is 13.3 Å². The summed E-state index contributed by atoms with van der Waals surface area (Å²) >= 11 is 3.23. The maximum absolute atomic E-state index is 12.9. The Bertz CT molecular complexity index is 291. The smallest absolute Gasteiger partial charge is 0.127 e. The first-order chi connectivity index (χ1) is 6.76. The first-order valence-electron chi connectivity index (χ1n) is 4.30. The van der Waals surface area contributed by atoms with E-state index in [9.17, 15) is 8.78 Å². The summed E-state index contributed by atoms with van der Waals surface area (Å²) in [5.41, 5.74) is 0.806. The van der Waals surface area contributed by atoms with Crippen LogP contribution in [-0.2, 0) is 5.33 Å². The van der Waals surface area contributed by atoms with Crippen molar-refractivity contribution in [3.8, 4) is 5.75 Å². The first kappa shape index (κ1) is 11.4. The predicted molar refractivity (Wildman–Crippen MR) is 55.1 cm³/mol. The van der Waals surface area contributed by atoms with Crippen molar-refractivity contribution < 1.29 is 13.5 Å². The Balaban J connectivity index is 2.62. The summed E-state index contributed by atoms with van der Waals surface area (Å²) in [5, 5.41) is 0.574. The lowest BCUT2D eigenvalue weighted by atomic mass is 10.2. The maximum Gasteiger partial charge on any atom is 0.127 e. The highest BCUT2D eigenvalue weighted by atomic mass is 79.9. The van der Waals surface area contributed by atoms with Crippen molar-refractivity contribution in [2.24, 2.45) is 0 Å². The van der Waals surface area contributed by atoms with Crippen molar-refractivity contribution >= 4 is 15.9 Å². The van der Waals surface area contributed by atoms with Gasteiger partial charge in [0, 0.05) is 17.8 Å². The Morgan fingerprint density at radius 1 is 1.29 bits per heavy atom. The largest absolute Gasteiger partial charge is 0.493 e. The molecule has 0 aliphatic rings. The minimum Gasteiger partial charge on any atom is -0.493 e. The molecular weight excluding hydrogens is 254 g/mol. The molecule has 0 saturated heterocycles. The van der Waals surface area contributed by atoms with Gasteiger partial charge in [0.1, 0.15) is 11.6 Å². The van der Waals surface area contributed by atoms with Crippen molar-refractivity contribution in [2.75, 3.05) is 13.3 Å². The lowest BCUT2D eigenvalue weighted by Crippen LogP contribution is -1.99. The van der Waals surface area contributed by atoms with Gasteiger partial charge in [-0.25, -0.2) is 4.39 Å². The van der Waals surface area contributed by atoms with Crippen LogP contribution >= 0.6 is 15.9 Å². The summed E-state index contributed by atoms with van der Waals surface area (Å²) in [6, 6.07) is 4.46. The van der Waals surface area contributed by atoms with Gasteiger partial charge in [0.15, 0.2) is 0 Å². The minimum atomic E-state index is -0.416.